The second kappa shape index (κ2) is 8.97. The van der Waals surface area contributed by atoms with E-state index in [1.54, 1.807) is 0 Å². The minimum atomic E-state index is -0.756. The number of ether oxygens (including phenoxy) is 1. The molecular weight excluding hydrogens is 184 g/mol. The minimum Gasteiger partial charge on any atom is -0.457 e. The fourth-order valence-corrected chi connectivity index (χ4v) is 1.07. The van der Waals surface area contributed by atoms with Gasteiger partial charge in [0.05, 0.1) is 13.2 Å². The van der Waals surface area contributed by atoms with E-state index >= 15 is 0 Å². The molecule has 84 valence electrons. The summed E-state index contributed by atoms with van der Waals surface area (Å²) in [5.74, 6) is -0.339. The summed E-state index contributed by atoms with van der Waals surface area (Å²) in [6.45, 7) is 1.46. The molecule has 0 aliphatic carbocycles. The van der Waals surface area contributed by atoms with Gasteiger partial charge >= 0.3 is 5.97 Å². The van der Waals surface area contributed by atoms with E-state index in [1.165, 1.54) is 0 Å². The van der Waals surface area contributed by atoms with Crippen LogP contribution in [0, 0.1) is 0 Å². The average Bonchev–Trinajstić information content (AvgIpc) is 2.21. The smallest absolute Gasteiger partial charge is 0.306 e. The fourth-order valence-electron chi connectivity index (χ4n) is 1.07. The molecule has 2 N–H and O–H groups in total. The van der Waals surface area contributed by atoms with Crippen molar-refractivity contribution in [1.82, 2.24) is 0 Å². The van der Waals surface area contributed by atoms with Crippen LogP contribution in [0.25, 0.3) is 0 Å². The summed E-state index contributed by atoms with van der Waals surface area (Å²) in [6, 6.07) is 0. The van der Waals surface area contributed by atoms with Crippen molar-refractivity contribution in [1.29, 1.82) is 0 Å². The number of aliphatic hydroxyl groups excluding tert-OH is 2. The molecule has 14 heavy (non-hydrogen) atoms. The molecular formula is C10H20O4. The van der Waals surface area contributed by atoms with Gasteiger partial charge in [0.15, 0.2) is 0 Å². The zero-order valence-electron chi connectivity index (χ0n) is 8.74. The van der Waals surface area contributed by atoms with Gasteiger partial charge in [-0.3, -0.25) is 4.79 Å². The Hall–Kier alpha value is -0.610. The maximum absolute atomic E-state index is 11.1. The van der Waals surface area contributed by atoms with Gasteiger partial charge in [-0.15, -0.1) is 0 Å². The topological polar surface area (TPSA) is 66.8 Å². The van der Waals surface area contributed by atoms with Crippen molar-refractivity contribution in [3.05, 3.63) is 0 Å². The van der Waals surface area contributed by atoms with Crippen LogP contribution in [0.5, 0.6) is 0 Å². The Kier molecular flexibility index (Phi) is 8.57. The Morgan fingerprint density at radius 2 is 1.86 bits per heavy atom. The Labute approximate surface area is 84.9 Å². The Bertz CT molecular complexity index is 143. The highest BCUT2D eigenvalue weighted by molar-refractivity contribution is 5.69. The van der Waals surface area contributed by atoms with E-state index in [0.717, 1.165) is 25.7 Å². The molecule has 0 fully saturated rings. The Morgan fingerprint density at radius 1 is 1.21 bits per heavy atom. The molecule has 0 saturated heterocycles. The van der Waals surface area contributed by atoms with Crippen LogP contribution in [0.1, 0.15) is 39.0 Å². The van der Waals surface area contributed by atoms with Gasteiger partial charge in [0.25, 0.3) is 0 Å². The summed E-state index contributed by atoms with van der Waals surface area (Å²) in [7, 11) is 0. The summed E-state index contributed by atoms with van der Waals surface area (Å²) >= 11 is 0. The van der Waals surface area contributed by atoms with Crippen LogP contribution in [0.3, 0.4) is 0 Å². The van der Waals surface area contributed by atoms with Gasteiger partial charge in [-0.1, -0.05) is 26.2 Å². The molecule has 0 spiro atoms. The zero-order chi connectivity index (χ0) is 10.8. The molecule has 0 atom stereocenters. The van der Waals surface area contributed by atoms with Gasteiger partial charge in [0.1, 0.15) is 6.10 Å². The third-order valence-corrected chi connectivity index (χ3v) is 1.94. The predicted molar refractivity (Wildman–Crippen MR) is 52.8 cm³/mol. The number of unbranched alkanes of at least 4 members (excludes halogenated alkanes) is 3. The highest BCUT2D eigenvalue weighted by Crippen LogP contribution is 2.04. The summed E-state index contributed by atoms with van der Waals surface area (Å²) in [5, 5.41) is 17.3. The van der Waals surface area contributed by atoms with Crippen molar-refractivity contribution >= 4 is 5.97 Å². The van der Waals surface area contributed by atoms with Crippen LogP contribution in [-0.4, -0.2) is 35.5 Å². The first-order chi connectivity index (χ1) is 6.74. The first kappa shape index (κ1) is 13.4. The lowest BCUT2D eigenvalue weighted by Gasteiger charge is -2.12. The SMILES string of the molecule is CCCCCCC(=O)OC(CO)CO. The van der Waals surface area contributed by atoms with E-state index in [4.69, 9.17) is 14.9 Å². The molecule has 0 unspecified atom stereocenters. The Balaban J connectivity index is 3.44. The van der Waals surface area contributed by atoms with Gasteiger partial charge in [-0.25, -0.2) is 0 Å². The third-order valence-electron chi connectivity index (χ3n) is 1.94. The monoisotopic (exact) mass is 204 g/mol. The molecule has 0 aliphatic rings. The van der Waals surface area contributed by atoms with E-state index < -0.39 is 6.10 Å². The Morgan fingerprint density at radius 3 is 2.36 bits per heavy atom. The number of aliphatic hydroxyl groups is 2. The largest absolute Gasteiger partial charge is 0.457 e. The van der Waals surface area contributed by atoms with Crippen molar-refractivity contribution in [3.8, 4) is 0 Å². The number of carbonyl (C=O) groups excluding carboxylic acids is 1. The summed E-state index contributed by atoms with van der Waals surface area (Å²) in [4.78, 5) is 11.1. The van der Waals surface area contributed by atoms with Crippen LogP contribution in [-0.2, 0) is 9.53 Å². The normalized spacial score (nSPS) is 10.6. The second-order valence-corrected chi connectivity index (χ2v) is 3.29. The molecule has 0 aromatic carbocycles. The molecule has 4 heteroatoms. The highest BCUT2D eigenvalue weighted by Gasteiger charge is 2.11. The zero-order valence-corrected chi connectivity index (χ0v) is 8.74. The van der Waals surface area contributed by atoms with E-state index in [-0.39, 0.29) is 19.2 Å². The molecule has 0 rings (SSSR count). The van der Waals surface area contributed by atoms with Crippen molar-refractivity contribution in [2.75, 3.05) is 13.2 Å². The average molecular weight is 204 g/mol. The first-order valence-electron chi connectivity index (χ1n) is 5.15. The van der Waals surface area contributed by atoms with Gasteiger partial charge in [0.2, 0.25) is 0 Å². The quantitative estimate of drug-likeness (QED) is 0.454. The lowest BCUT2D eigenvalue weighted by molar-refractivity contribution is -0.153. The van der Waals surface area contributed by atoms with Gasteiger partial charge < -0.3 is 14.9 Å². The van der Waals surface area contributed by atoms with Crippen molar-refractivity contribution in [2.45, 2.75) is 45.1 Å². The molecule has 0 saturated carbocycles. The van der Waals surface area contributed by atoms with Crippen LogP contribution >= 0.6 is 0 Å². The molecule has 0 radical (unpaired) electrons. The van der Waals surface area contributed by atoms with Crippen molar-refractivity contribution in [3.63, 3.8) is 0 Å². The molecule has 4 nitrogen and oxygen atoms in total. The summed E-state index contributed by atoms with van der Waals surface area (Å²) in [5.41, 5.74) is 0. The number of hydrogen-bond acceptors (Lipinski definition) is 4. The van der Waals surface area contributed by atoms with Gasteiger partial charge in [-0.05, 0) is 6.42 Å². The predicted octanol–water partition coefficient (Wildman–Crippen LogP) is 0.853. The summed E-state index contributed by atoms with van der Waals surface area (Å²) in [6.07, 6.45) is 3.71. The van der Waals surface area contributed by atoms with E-state index in [2.05, 4.69) is 6.92 Å². The molecule has 0 aliphatic heterocycles. The second-order valence-electron chi connectivity index (χ2n) is 3.29. The lowest BCUT2D eigenvalue weighted by Crippen LogP contribution is -2.25. The highest BCUT2D eigenvalue weighted by atomic mass is 16.6. The first-order valence-corrected chi connectivity index (χ1v) is 5.15. The maximum Gasteiger partial charge on any atom is 0.306 e. The maximum atomic E-state index is 11.1. The lowest BCUT2D eigenvalue weighted by atomic mass is 10.1. The van der Waals surface area contributed by atoms with E-state index in [9.17, 15) is 4.79 Å². The standard InChI is InChI=1S/C10H20O4/c1-2-3-4-5-6-10(13)14-9(7-11)8-12/h9,11-12H,2-8H2,1H3. The van der Waals surface area contributed by atoms with E-state index in [1.807, 2.05) is 0 Å². The third kappa shape index (κ3) is 6.86. The molecule has 0 bridgehead atoms. The van der Waals surface area contributed by atoms with Gasteiger partial charge in [-0.2, -0.15) is 0 Å². The van der Waals surface area contributed by atoms with Gasteiger partial charge in [0, 0.05) is 6.42 Å². The van der Waals surface area contributed by atoms with E-state index in [0.29, 0.717) is 6.42 Å². The van der Waals surface area contributed by atoms with Crippen LogP contribution in [0.2, 0.25) is 0 Å². The number of carbonyl (C=O) groups is 1. The molecule has 0 amide bonds. The van der Waals surface area contributed by atoms with Crippen molar-refractivity contribution < 1.29 is 19.7 Å². The number of hydrogen-bond donors (Lipinski definition) is 2. The summed E-state index contributed by atoms with van der Waals surface area (Å²) < 4.78 is 4.79. The fraction of sp³-hybridized carbons (Fsp3) is 0.900. The number of rotatable bonds is 8. The van der Waals surface area contributed by atoms with Crippen molar-refractivity contribution in [2.24, 2.45) is 0 Å². The number of esters is 1. The van der Waals surface area contributed by atoms with Crippen LogP contribution in [0.15, 0.2) is 0 Å². The molecule has 0 heterocycles. The van der Waals surface area contributed by atoms with Crippen LogP contribution in [0.4, 0.5) is 0 Å². The minimum absolute atomic E-state index is 0.322. The molecule has 0 aromatic rings. The molecule has 0 aromatic heterocycles. The van der Waals surface area contributed by atoms with Crippen LogP contribution < -0.4 is 0 Å².